The van der Waals surface area contributed by atoms with Crippen molar-refractivity contribution >= 4 is 22.8 Å². The first kappa shape index (κ1) is 16.0. The van der Waals surface area contributed by atoms with Gasteiger partial charge in [-0.15, -0.1) is 0 Å². The summed E-state index contributed by atoms with van der Waals surface area (Å²) in [5, 5.41) is 3.88. The fourth-order valence-corrected chi connectivity index (χ4v) is 4.06. The zero-order valence-electron chi connectivity index (χ0n) is 14.6. The van der Waals surface area contributed by atoms with Gasteiger partial charge < -0.3 is 19.7 Å². The van der Waals surface area contributed by atoms with Crippen LogP contribution in [0.5, 0.6) is 0 Å². The number of nitrogens with zero attached hydrogens (tertiary/aromatic N) is 3. The molecule has 0 bridgehead atoms. The fourth-order valence-electron chi connectivity index (χ4n) is 4.06. The van der Waals surface area contributed by atoms with Crippen LogP contribution in [0.3, 0.4) is 0 Å². The third kappa shape index (κ3) is 2.75. The number of benzene rings is 1. The third-order valence-electron chi connectivity index (χ3n) is 5.44. The van der Waals surface area contributed by atoms with Crippen molar-refractivity contribution in [3.05, 3.63) is 36.0 Å². The molecule has 0 saturated carbocycles. The van der Waals surface area contributed by atoms with Crippen molar-refractivity contribution in [1.29, 1.82) is 0 Å². The summed E-state index contributed by atoms with van der Waals surface area (Å²) in [4.78, 5) is 28.7. The van der Waals surface area contributed by atoms with Gasteiger partial charge in [0.05, 0.1) is 5.56 Å². The third-order valence-corrected chi connectivity index (χ3v) is 5.44. The van der Waals surface area contributed by atoms with Gasteiger partial charge in [0.15, 0.2) is 0 Å². The van der Waals surface area contributed by atoms with Crippen LogP contribution in [-0.4, -0.2) is 58.5 Å². The van der Waals surface area contributed by atoms with Gasteiger partial charge in [-0.25, -0.2) is 4.79 Å². The predicted octanol–water partition coefficient (Wildman–Crippen LogP) is 2.29. The molecule has 1 N–H and O–H groups in total. The Morgan fingerprint density at radius 3 is 2.64 bits per heavy atom. The van der Waals surface area contributed by atoms with E-state index < -0.39 is 0 Å². The van der Waals surface area contributed by atoms with Gasteiger partial charge in [-0.1, -0.05) is 18.2 Å². The molecule has 132 valence electrons. The van der Waals surface area contributed by atoms with Crippen molar-refractivity contribution in [3.63, 3.8) is 0 Å². The lowest BCUT2D eigenvalue weighted by Crippen LogP contribution is -2.47. The molecule has 1 aromatic heterocycles. The molecule has 0 unspecified atom stereocenters. The van der Waals surface area contributed by atoms with Crippen LogP contribution < -0.4 is 5.32 Å². The maximum absolute atomic E-state index is 13.1. The number of fused-ring (bicyclic) bond motifs is 1. The largest absolute Gasteiger partial charge is 0.347 e. The molecule has 0 aliphatic carbocycles. The Labute approximate surface area is 147 Å². The fraction of sp³-hybridized carbons (Fsp3) is 0.474. The van der Waals surface area contributed by atoms with Crippen LogP contribution in [0.2, 0.25) is 0 Å². The number of carbonyl (C=O) groups is 2. The number of hydrogen-bond donors (Lipinski definition) is 1. The van der Waals surface area contributed by atoms with Gasteiger partial charge in [-0.3, -0.25) is 4.79 Å². The van der Waals surface area contributed by atoms with Gasteiger partial charge in [0.2, 0.25) is 0 Å². The first-order chi connectivity index (χ1) is 12.2. The second-order valence-electron chi connectivity index (χ2n) is 6.79. The Morgan fingerprint density at radius 2 is 1.96 bits per heavy atom. The van der Waals surface area contributed by atoms with Crippen molar-refractivity contribution in [2.75, 3.05) is 26.2 Å². The average Bonchev–Trinajstić information content (AvgIpc) is 3.25. The number of piperidine rings is 1. The van der Waals surface area contributed by atoms with E-state index in [4.69, 9.17) is 0 Å². The maximum atomic E-state index is 13.1. The molecule has 4 rings (SSSR count). The molecule has 0 spiro atoms. The highest BCUT2D eigenvalue weighted by atomic mass is 16.2. The zero-order chi connectivity index (χ0) is 17.4. The number of hydrogen-bond acceptors (Lipinski definition) is 2. The van der Waals surface area contributed by atoms with Crippen molar-refractivity contribution in [2.24, 2.45) is 0 Å². The van der Waals surface area contributed by atoms with Gasteiger partial charge in [0, 0.05) is 55.9 Å². The topological polar surface area (TPSA) is 57.6 Å². The Morgan fingerprint density at radius 1 is 1.20 bits per heavy atom. The van der Waals surface area contributed by atoms with E-state index in [1.807, 2.05) is 34.2 Å². The molecule has 1 aromatic carbocycles. The van der Waals surface area contributed by atoms with E-state index in [-0.39, 0.29) is 18.0 Å². The van der Waals surface area contributed by atoms with E-state index in [0.717, 1.165) is 48.9 Å². The Bertz CT molecular complexity index is 805. The normalized spacial score (nSPS) is 18.8. The Hall–Kier alpha value is -2.50. The molecule has 6 nitrogen and oxygen atoms in total. The molecule has 2 aliphatic rings. The van der Waals surface area contributed by atoms with E-state index in [1.54, 1.807) is 0 Å². The summed E-state index contributed by atoms with van der Waals surface area (Å²) in [6, 6.07) is 8.37. The molecule has 2 aliphatic heterocycles. The SMILES string of the molecule is CCn1cc(C(=O)N2CCC(N3CCNC3=O)CC2)c2ccccc21. The van der Waals surface area contributed by atoms with E-state index >= 15 is 0 Å². The van der Waals surface area contributed by atoms with E-state index in [0.29, 0.717) is 13.1 Å². The second-order valence-corrected chi connectivity index (χ2v) is 6.79. The molecule has 25 heavy (non-hydrogen) atoms. The van der Waals surface area contributed by atoms with Crippen LogP contribution in [0, 0.1) is 0 Å². The predicted molar refractivity (Wildman–Crippen MR) is 96.6 cm³/mol. The minimum absolute atomic E-state index is 0.0378. The summed E-state index contributed by atoms with van der Waals surface area (Å²) >= 11 is 0. The zero-order valence-corrected chi connectivity index (χ0v) is 14.6. The van der Waals surface area contributed by atoms with Crippen LogP contribution in [0.25, 0.3) is 10.9 Å². The highest BCUT2D eigenvalue weighted by Crippen LogP contribution is 2.25. The molecule has 3 heterocycles. The van der Waals surface area contributed by atoms with Gasteiger partial charge in [0.25, 0.3) is 5.91 Å². The van der Waals surface area contributed by atoms with E-state index in [1.165, 1.54) is 0 Å². The number of aromatic nitrogens is 1. The molecule has 3 amide bonds. The first-order valence-corrected chi connectivity index (χ1v) is 9.10. The number of amides is 3. The average molecular weight is 340 g/mol. The van der Waals surface area contributed by atoms with E-state index in [9.17, 15) is 9.59 Å². The first-order valence-electron chi connectivity index (χ1n) is 9.10. The van der Waals surface area contributed by atoms with Crippen molar-refractivity contribution in [3.8, 4) is 0 Å². The number of rotatable bonds is 3. The summed E-state index contributed by atoms with van der Waals surface area (Å²) in [6.45, 7) is 5.86. The van der Waals surface area contributed by atoms with Gasteiger partial charge >= 0.3 is 6.03 Å². The lowest BCUT2D eigenvalue weighted by molar-refractivity contribution is 0.0668. The Balaban J connectivity index is 1.50. The summed E-state index contributed by atoms with van der Waals surface area (Å²) < 4.78 is 2.13. The van der Waals surface area contributed by atoms with E-state index in [2.05, 4.69) is 22.9 Å². The minimum Gasteiger partial charge on any atom is -0.347 e. The van der Waals surface area contributed by atoms with Gasteiger partial charge in [-0.05, 0) is 25.8 Å². The highest BCUT2D eigenvalue weighted by Gasteiger charge is 2.32. The van der Waals surface area contributed by atoms with Gasteiger partial charge in [0.1, 0.15) is 0 Å². The molecular weight excluding hydrogens is 316 g/mol. The number of para-hydroxylation sites is 1. The monoisotopic (exact) mass is 340 g/mol. The number of urea groups is 1. The lowest BCUT2D eigenvalue weighted by Gasteiger charge is -2.36. The molecule has 0 atom stereocenters. The number of likely N-dealkylation sites (tertiary alicyclic amines) is 1. The molecule has 6 heteroatoms. The van der Waals surface area contributed by atoms with Crippen molar-refractivity contribution in [1.82, 2.24) is 19.7 Å². The molecule has 0 radical (unpaired) electrons. The van der Waals surface area contributed by atoms with Gasteiger partial charge in [-0.2, -0.15) is 0 Å². The minimum atomic E-state index is 0.0378. The molecule has 2 fully saturated rings. The molecular formula is C19H24N4O2. The summed E-state index contributed by atoms with van der Waals surface area (Å²) in [5.74, 6) is 0.104. The standard InChI is InChI=1S/C19H24N4O2/c1-2-21-13-16(15-5-3-4-6-17(15)21)18(24)22-10-7-14(8-11-22)23-12-9-20-19(23)25/h3-6,13-14H,2,7-12H2,1H3,(H,20,25). The van der Waals surface area contributed by atoms with Crippen LogP contribution in [0.4, 0.5) is 4.79 Å². The summed E-state index contributed by atoms with van der Waals surface area (Å²) in [7, 11) is 0. The van der Waals surface area contributed by atoms with Crippen molar-refractivity contribution in [2.45, 2.75) is 32.4 Å². The summed E-state index contributed by atoms with van der Waals surface area (Å²) in [5.41, 5.74) is 1.90. The smallest absolute Gasteiger partial charge is 0.317 e. The quantitative estimate of drug-likeness (QED) is 0.932. The molecule has 2 aromatic rings. The highest BCUT2D eigenvalue weighted by molar-refractivity contribution is 6.07. The maximum Gasteiger partial charge on any atom is 0.317 e. The number of nitrogens with one attached hydrogen (secondary N) is 1. The second kappa shape index (κ2) is 6.43. The van der Waals surface area contributed by atoms with Crippen LogP contribution in [0.1, 0.15) is 30.1 Å². The van der Waals surface area contributed by atoms with Crippen molar-refractivity contribution < 1.29 is 9.59 Å². The number of aryl methyl sites for hydroxylation is 1. The van der Waals surface area contributed by atoms with Crippen LogP contribution in [0.15, 0.2) is 30.5 Å². The summed E-state index contributed by atoms with van der Waals surface area (Å²) in [6.07, 6.45) is 3.68. The lowest BCUT2D eigenvalue weighted by atomic mass is 10.0. The van der Waals surface area contributed by atoms with Crippen LogP contribution in [-0.2, 0) is 6.54 Å². The van der Waals surface area contributed by atoms with Crippen LogP contribution >= 0.6 is 0 Å². The number of carbonyl (C=O) groups excluding carboxylic acids is 2. The Kier molecular flexibility index (Phi) is 4.11. The molecule has 2 saturated heterocycles.